The molecule has 2 aromatic rings. The summed E-state index contributed by atoms with van der Waals surface area (Å²) in [5.74, 6) is -0.281. The standard InChI is InChI=1S/C36H53N3O7S/c1-25-14-17-31(18-15-25)47(43,44)38(5)23-34-26(2)22-39(27(3)24-40)36(42)32-21-30(37-35(41)29-12-7-6-8-13-29)16-19-33(32)46-28(4)11-9-10-20-45-34/h14-19,21,26-29,34,40H,6-13,20,22-24H2,1-5H3,(H,37,41)/t26-,27-,28+,34+/m1/s1. The number of hydrogen-bond acceptors (Lipinski definition) is 7. The monoisotopic (exact) mass is 671 g/mol. The summed E-state index contributed by atoms with van der Waals surface area (Å²) in [6, 6.07) is 11.4. The smallest absolute Gasteiger partial charge is 0.258 e. The maximum atomic E-state index is 14.4. The minimum absolute atomic E-state index is 0.0359. The van der Waals surface area contributed by atoms with E-state index in [2.05, 4.69) is 5.32 Å². The van der Waals surface area contributed by atoms with Crippen LogP contribution in [0.15, 0.2) is 47.4 Å². The van der Waals surface area contributed by atoms with Crippen LogP contribution in [-0.2, 0) is 19.6 Å². The number of carbonyl (C=O) groups excluding carboxylic acids is 2. The summed E-state index contributed by atoms with van der Waals surface area (Å²) in [4.78, 5) is 29.3. The molecule has 1 fully saturated rings. The number of aryl methyl sites for hydroxylation is 1. The van der Waals surface area contributed by atoms with Gasteiger partial charge in [-0.1, -0.05) is 43.9 Å². The molecule has 2 aliphatic rings. The number of benzene rings is 2. The highest BCUT2D eigenvalue weighted by molar-refractivity contribution is 7.89. The summed E-state index contributed by atoms with van der Waals surface area (Å²) < 4.78 is 40.9. The Bertz CT molecular complexity index is 1440. The van der Waals surface area contributed by atoms with Gasteiger partial charge in [0, 0.05) is 44.3 Å². The molecule has 0 bridgehead atoms. The first-order chi connectivity index (χ1) is 22.4. The molecule has 0 radical (unpaired) electrons. The van der Waals surface area contributed by atoms with Crippen LogP contribution in [0.3, 0.4) is 0 Å². The van der Waals surface area contributed by atoms with Gasteiger partial charge in [-0.25, -0.2) is 8.42 Å². The normalized spacial score (nSPS) is 23.0. The summed E-state index contributed by atoms with van der Waals surface area (Å²) in [7, 11) is -2.22. The van der Waals surface area contributed by atoms with Gasteiger partial charge in [0.05, 0.1) is 35.3 Å². The van der Waals surface area contributed by atoms with Crippen molar-refractivity contribution in [1.29, 1.82) is 0 Å². The van der Waals surface area contributed by atoms with Crippen molar-refractivity contribution in [3.63, 3.8) is 0 Å². The van der Waals surface area contributed by atoms with Gasteiger partial charge in [-0.15, -0.1) is 0 Å². The van der Waals surface area contributed by atoms with Crippen molar-refractivity contribution >= 4 is 27.5 Å². The van der Waals surface area contributed by atoms with E-state index in [0.717, 1.165) is 56.9 Å². The molecule has 11 heteroatoms. The lowest BCUT2D eigenvalue weighted by Gasteiger charge is -2.35. The molecule has 0 aromatic heterocycles. The largest absolute Gasteiger partial charge is 0.490 e. The first-order valence-electron chi connectivity index (χ1n) is 17.1. The van der Waals surface area contributed by atoms with Crippen LogP contribution in [0.1, 0.15) is 88.1 Å². The van der Waals surface area contributed by atoms with Crippen LogP contribution in [-0.4, -0.2) is 86.1 Å². The van der Waals surface area contributed by atoms with E-state index in [1.54, 1.807) is 61.3 Å². The molecule has 2 amide bonds. The minimum atomic E-state index is -3.77. The molecule has 1 aliphatic carbocycles. The molecular weight excluding hydrogens is 618 g/mol. The molecule has 1 aliphatic heterocycles. The summed E-state index contributed by atoms with van der Waals surface area (Å²) in [5, 5.41) is 13.3. The third kappa shape index (κ3) is 9.78. The van der Waals surface area contributed by atoms with Gasteiger partial charge in [-0.05, 0) is 83.2 Å². The molecule has 2 N–H and O–H groups in total. The fourth-order valence-corrected chi connectivity index (χ4v) is 7.50. The maximum absolute atomic E-state index is 14.4. The van der Waals surface area contributed by atoms with Crippen molar-refractivity contribution in [3.8, 4) is 5.75 Å². The molecule has 4 atom stereocenters. The number of sulfonamides is 1. The number of ether oxygens (including phenoxy) is 2. The summed E-state index contributed by atoms with van der Waals surface area (Å²) in [6.45, 7) is 8.05. The van der Waals surface area contributed by atoms with E-state index in [1.807, 2.05) is 20.8 Å². The Labute approximate surface area is 280 Å². The van der Waals surface area contributed by atoms with Crippen molar-refractivity contribution < 1.29 is 32.6 Å². The number of fused-ring (bicyclic) bond motifs is 1. The van der Waals surface area contributed by atoms with Crippen molar-refractivity contribution in [1.82, 2.24) is 9.21 Å². The SMILES string of the molecule is Cc1ccc(S(=O)(=O)N(C)C[C@@H]2OCCCC[C@H](C)Oc3ccc(NC(=O)C4CCCCC4)cc3C(=O)N([C@H](C)CO)C[C@H]2C)cc1. The third-order valence-electron chi connectivity index (χ3n) is 9.46. The number of carbonyl (C=O) groups is 2. The molecule has 0 saturated heterocycles. The van der Waals surface area contributed by atoms with Gasteiger partial charge >= 0.3 is 0 Å². The molecular formula is C36H53N3O7S. The molecule has 260 valence electrons. The number of amides is 2. The first-order valence-corrected chi connectivity index (χ1v) is 18.5. The van der Waals surface area contributed by atoms with Crippen molar-refractivity contribution in [2.24, 2.45) is 11.8 Å². The second-order valence-corrected chi connectivity index (χ2v) is 15.5. The number of likely N-dealkylation sites (N-methyl/N-ethyl adjacent to an activating group) is 1. The van der Waals surface area contributed by atoms with E-state index in [4.69, 9.17) is 9.47 Å². The maximum Gasteiger partial charge on any atom is 0.258 e. The van der Waals surface area contributed by atoms with Crippen LogP contribution in [0.25, 0.3) is 0 Å². The average molecular weight is 672 g/mol. The highest BCUT2D eigenvalue weighted by atomic mass is 32.2. The van der Waals surface area contributed by atoms with Crippen molar-refractivity contribution in [2.45, 2.75) is 102 Å². The van der Waals surface area contributed by atoms with Crippen LogP contribution in [0.4, 0.5) is 5.69 Å². The number of aliphatic hydroxyl groups is 1. The number of hydrogen-bond donors (Lipinski definition) is 2. The Kier molecular flexibility index (Phi) is 13.2. The zero-order valence-electron chi connectivity index (χ0n) is 28.6. The zero-order valence-corrected chi connectivity index (χ0v) is 29.4. The molecule has 1 saturated carbocycles. The Morgan fingerprint density at radius 1 is 1.04 bits per heavy atom. The summed E-state index contributed by atoms with van der Waals surface area (Å²) >= 11 is 0. The molecule has 47 heavy (non-hydrogen) atoms. The predicted molar refractivity (Wildman–Crippen MR) is 183 cm³/mol. The van der Waals surface area contributed by atoms with Gasteiger partial charge in [0.2, 0.25) is 15.9 Å². The molecule has 10 nitrogen and oxygen atoms in total. The van der Waals surface area contributed by atoms with Crippen LogP contribution in [0.5, 0.6) is 5.75 Å². The Morgan fingerprint density at radius 2 is 1.72 bits per heavy atom. The van der Waals surface area contributed by atoms with Gasteiger partial charge in [-0.2, -0.15) is 4.31 Å². The van der Waals surface area contributed by atoms with Crippen molar-refractivity contribution in [2.75, 3.05) is 38.7 Å². The van der Waals surface area contributed by atoms with Gasteiger partial charge in [0.15, 0.2) is 0 Å². The molecule has 1 heterocycles. The summed E-state index contributed by atoms with van der Waals surface area (Å²) in [5.41, 5.74) is 1.80. The second-order valence-electron chi connectivity index (χ2n) is 13.4. The van der Waals surface area contributed by atoms with Crippen LogP contribution >= 0.6 is 0 Å². The van der Waals surface area contributed by atoms with E-state index in [-0.39, 0.29) is 54.3 Å². The van der Waals surface area contributed by atoms with Crippen molar-refractivity contribution in [3.05, 3.63) is 53.6 Å². The highest BCUT2D eigenvalue weighted by Crippen LogP contribution is 2.30. The van der Waals surface area contributed by atoms with Crippen LogP contribution in [0.2, 0.25) is 0 Å². The van der Waals surface area contributed by atoms with E-state index in [1.165, 1.54) is 4.31 Å². The first kappa shape index (κ1) is 36.8. The second kappa shape index (κ2) is 16.9. The zero-order chi connectivity index (χ0) is 34.1. The van der Waals surface area contributed by atoms with Gasteiger partial charge in [0.1, 0.15) is 5.75 Å². The minimum Gasteiger partial charge on any atom is -0.490 e. The van der Waals surface area contributed by atoms with E-state index in [0.29, 0.717) is 23.6 Å². The van der Waals surface area contributed by atoms with E-state index in [9.17, 15) is 23.1 Å². The third-order valence-corrected chi connectivity index (χ3v) is 11.3. The van der Waals surface area contributed by atoms with Crippen LogP contribution < -0.4 is 10.1 Å². The lowest BCUT2D eigenvalue weighted by Crippen LogP contribution is -2.48. The van der Waals surface area contributed by atoms with E-state index >= 15 is 0 Å². The average Bonchev–Trinajstić information content (AvgIpc) is 3.06. The fourth-order valence-electron chi connectivity index (χ4n) is 6.31. The Morgan fingerprint density at radius 3 is 2.40 bits per heavy atom. The fraction of sp³-hybridized carbons (Fsp3) is 0.611. The number of anilines is 1. The number of nitrogens with one attached hydrogen (secondary N) is 1. The highest BCUT2D eigenvalue weighted by Gasteiger charge is 2.32. The number of aliphatic hydroxyl groups excluding tert-OH is 1. The number of rotatable bonds is 8. The number of nitrogens with zero attached hydrogens (tertiary/aromatic N) is 2. The Hall–Kier alpha value is -2.99. The summed E-state index contributed by atoms with van der Waals surface area (Å²) in [6.07, 6.45) is 6.57. The molecule has 4 rings (SSSR count). The lowest BCUT2D eigenvalue weighted by atomic mass is 9.88. The van der Waals surface area contributed by atoms with Gasteiger partial charge in [-0.3, -0.25) is 9.59 Å². The topological polar surface area (TPSA) is 125 Å². The Balaban J connectivity index is 1.62. The quantitative estimate of drug-likeness (QED) is 0.373. The molecule has 2 aromatic carbocycles. The van der Waals surface area contributed by atoms with Gasteiger partial charge in [0.25, 0.3) is 5.91 Å². The van der Waals surface area contributed by atoms with Gasteiger partial charge < -0.3 is 24.8 Å². The molecule has 0 unspecified atom stereocenters. The molecule has 0 spiro atoms. The van der Waals surface area contributed by atoms with E-state index < -0.39 is 22.2 Å². The van der Waals surface area contributed by atoms with Crippen LogP contribution in [0, 0.1) is 18.8 Å². The predicted octanol–water partition coefficient (Wildman–Crippen LogP) is 5.63. The lowest BCUT2D eigenvalue weighted by molar-refractivity contribution is -0.120.